The number of likely N-dealkylation sites (tertiary alicyclic amines) is 1. The van der Waals surface area contributed by atoms with Gasteiger partial charge in [-0.2, -0.15) is 5.10 Å². The van der Waals surface area contributed by atoms with Crippen LogP contribution in [0.25, 0.3) is 5.69 Å². The average Bonchev–Trinajstić information content (AvgIpc) is 3.47. The number of benzene rings is 1. The first kappa shape index (κ1) is 18.9. The fourth-order valence-electron chi connectivity index (χ4n) is 3.73. The number of carbonyl (C=O) groups is 1. The third-order valence-electron chi connectivity index (χ3n) is 5.54. The number of carbonyl (C=O) groups excluding carboxylic acids is 1. The van der Waals surface area contributed by atoms with Crippen molar-refractivity contribution in [1.82, 2.24) is 14.7 Å². The van der Waals surface area contributed by atoms with E-state index in [2.05, 4.69) is 5.32 Å². The zero-order chi connectivity index (χ0) is 19.9. The van der Waals surface area contributed by atoms with Crippen molar-refractivity contribution < 1.29 is 13.2 Å². The fourth-order valence-corrected chi connectivity index (χ4v) is 4.60. The molecule has 1 saturated heterocycles. The molecule has 150 valence electrons. The minimum Gasteiger partial charge on any atom is -0.324 e. The number of primary sulfonamides is 1. The number of nitrogens with zero attached hydrogens (tertiary/aromatic N) is 3. The van der Waals surface area contributed by atoms with Crippen molar-refractivity contribution in [1.29, 1.82) is 0 Å². The van der Waals surface area contributed by atoms with Gasteiger partial charge in [-0.1, -0.05) is 18.2 Å². The Labute approximate surface area is 164 Å². The second-order valence-electron chi connectivity index (χ2n) is 7.59. The van der Waals surface area contributed by atoms with Crippen LogP contribution in [-0.2, 0) is 10.0 Å². The molecule has 0 atom stereocenters. The number of hydrogen-bond donors (Lipinski definition) is 2. The SMILES string of the molecule is Cc1c(C2CC2)nn(-c2ccccc2)c1NC(=O)N1CCC(S(N)(=O)=O)CC1. The summed E-state index contributed by atoms with van der Waals surface area (Å²) in [7, 11) is -3.56. The molecule has 2 fully saturated rings. The Balaban J connectivity index is 1.55. The van der Waals surface area contributed by atoms with Crippen molar-refractivity contribution in [3.8, 4) is 5.69 Å². The van der Waals surface area contributed by atoms with E-state index in [9.17, 15) is 13.2 Å². The maximum atomic E-state index is 12.8. The average molecular weight is 404 g/mol. The highest BCUT2D eigenvalue weighted by Gasteiger charge is 2.33. The maximum absolute atomic E-state index is 12.8. The lowest BCUT2D eigenvalue weighted by Gasteiger charge is -2.31. The number of urea groups is 1. The summed E-state index contributed by atoms with van der Waals surface area (Å²) in [5.41, 5.74) is 2.91. The van der Waals surface area contributed by atoms with E-state index in [0.29, 0.717) is 37.7 Å². The lowest BCUT2D eigenvalue weighted by Crippen LogP contribution is -2.45. The summed E-state index contributed by atoms with van der Waals surface area (Å²) in [6, 6.07) is 9.48. The molecule has 0 bridgehead atoms. The standard InChI is InChI=1S/C19H25N5O3S/c1-13-17(14-7-8-14)22-24(15-5-3-2-4-6-15)18(13)21-19(25)23-11-9-16(10-12-23)28(20,26)27/h2-6,14,16H,7-12H2,1H3,(H,21,25)(H2,20,26,27). The first-order valence-electron chi connectivity index (χ1n) is 9.57. The van der Waals surface area contributed by atoms with E-state index in [0.717, 1.165) is 29.8 Å². The van der Waals surface area contributed by atoms with Crippen LogP contribution in [0, 0.1) is 6.92 Å². The highest BCUT2D eigenvalue weighted by Crippen LogP contribution is 2.43. The number of piperidine rings is 1. The minimum absolute atomic E-state index is 0.240. The molecule has 8 nitrogen and oxygen atoms in total. The smallest absolute Gasteiger partial charge is 0.323 e. The van der Waals surface area contributed by atoms with Gasteiger partial charge in [-0.3, -0.25) is 5.32 Å². The molecule has 1 aliphatic heterocycles. The predicted molar refractivity (Wildman–Crippen MR) is 107 cm³/mol. The summed E-state index contributed by atoms with van der Waals surface area (Å²) in [4.78, 5) is 14.5. The van der Waals surface area contributed by atoms with E-state index in [1.54, 1.807) is 9.58 Å². The van der Waals surface area contributed by atoms with Crippen LogP contribution in [-0.4, -0.2) is 47.5 Å². The number of hydrogen-bond acceptors (Lipinski definition) is 4. The van der Waals surface area contributed by atoms with Crippen LogP contribution < -0.4 is 10.5 Å². The summed E-state index contributed by atoms with van der Waals surface area (Å²) in [5.74, 6) is 1.14. The van der Waals surface area contributed by atoms with E-state index < -0.39 is 15.3 Å². The Morgan fingerprint density at radius 2 is 1.79 bits per heavy atom. The van der Waals surface area contributed by atoms with Crippen molar-refractivity contribution in [2.45, 2.75) is 43.8 Å². The number of anilines is 1. The number of nitrogens with one attached hydrogen (secondary N) is 1. The summed E-state index contributed by atoms with van der Waals surface area (Å²) in [6.07, 6.45) is 2.97. The van der Waals surface area contributed by atoms with Crippen molar-refractivity contribution in [3.05, 3.63) is 41.6 Å². The zero-order valence-corrected chi connectivity index (χ0v) is 16.7. The Hall–Kier alpha value is -2.39. The van der Waals surface area contributed by atoms with Crippen molar-refractivity contribution >= 4 is 21.9 Å². The van der Waals surface area contributed by atoms with E-state index in [4.69, 9.17) is 10.2 Å². The quantitative estimate of drug-likeness (QED) is 0.816. The minimum atomic E-state index is -3.56. The third kappa shape index (κ3) is 3.77. The summed E-state index contributed by atoms with van der Waals surface area (Å²) < 4.78 is 24.8. The lowest BCUT2D eigenvalue weighted by molar-refractivity contribution is 0.200. The Morgan fingerprint density at radius 3 is 2.36 bits per heavy atom. The van der Waals surface area contributed by atoms with Gasteiger partial charge in [0, 0.05) is 24.6 Å². The second-order valence-corrected chi connectivity index (χ2v) is 9.43. The molecule has 0 spiro atoms. The number of para-hydroxylation sites is 1. The van der Waals surface area contributed by atoms with Gasteiger partial charge in [-0.15, -0.1) is 0 Å². The first-order chi connectivity index (χ1) is 13.3. The predicted octanol–water partition coefficient (Wildman–Crippen LogP) is 2.34. The molecule has 1 aromatic carbocycles. The third-order valence-corrected chi connectivity index (χ3v) is 6.94. The molecular weight excluding hydrogens is 378 g/mol. The number of sulfonamides is 1. The molecule has 1 aromatic heterocycles. The Morgan fingerprint density at radius 1 is 1.14 bits per heavy atom. The van der Waals surface area contributed by atoms with Gasteiger partial charge in [-0.05, 0) is 44.7 Å². The number of amides is 2. The van der Waals surface area contributed by atoms with E-state index in [-0.39, 0.29) is 6.03 Å². The second kappa shape index (κ2) is 7.21. The Kier molecular flexibility index (Phi) is 4.88. The topological polar surface area (TPSA) is 110 Å². The van der Waals surface area contributed by atoms with Crippen LogP contribution in [0.3, 0.4) is 0 Å². The molecule has 2 aromatic rings. The largest absolute Gasteiger partial charge is 0.324 e. The maximum Gasteiger partial charge on any atom is 0.323 e. The monoisotopic (exact) mass is 403 g/mol. The van der Waals surface area contributed by atoms with Crippen LogP contribution in [0.2, 0.25) is 0 Å². The number of rotatable bonds is 4. The van der Waals surface area contributed by atoms with Gasteiger partial charge in [0.2, 0.25) is 10.0 Å². The fraction of sp³-hybridized carbons (Fsp3) is 0.474. The highest BCUT2D eigenvalue weighted by atomic mass is 32.2. The van der Waals surface area contributed by atoms with Crippen molar-refractivity contribution in [2.75, 3.05) is 18.4 Å². The van der Waals surface area contributed by atoms with Crippen LogP contribution in [0.15, 0.2) is 30.3 Å². The zero-order valence-electron chi connectivity index (χ0n) is 15.8. The van der Waals surface area contributed by atoms with Gasteiger partial charge in [0.1, 0.15) is 5.82 Å². The van der Waals surface area contributed by atoms with Crippen LogP contribution in [0.4, 0.5) is 10.6 Å². The summed E-state index contributed by atoms with van der Waals surface area (Å²) in [6.45, 7) is 2.71. The lowest BCUT2D eigenvalue weighted by atomic mass is 10.1. The molecule has 2 aliphatic rings. The normalized spacial score (nSPS) is 18.3. The van der Waals surface area contributed by atoms with Gasteiger partial charge in [0.05, 0.1) is 16.6 Å². The number of aromatic nitrogens is 2. The summed E-state index contributed by atoms with van der Waals surface area (Å²) in [5, 5.41) is 12.4. The molecule has 0 unspecified atom stereocenters. The van der Waals surface area contributed by atoms with Crippen LogP contribution >= 0.6 is 0 Å². The van der Waals surface area contributed by atoms with E-state index in [1.165, 1.54) is 0 Å². The molecule has 2 heterocycles. The first-order valence-corrected chi connectivity index (χ1v) is 11.2. The van der Waals surface area contributed by atoms with E-state index >= 15 is 0 Å². The van der Waals surface area contributed by atoms with Crippen LogP contribution in [0.5, 0.6) is 0 Å². The molecule has 1 aliphatic carbocycles. The molecule has 2 amide bonds. The molecular formula is C19H25N5O3S. The van der Waals surface area contributed by atoms with Crippen LogP contribution in [0.1, 0.15) is 42.9 Å². The summed E-state index contributed by atoms with van der Waals surface area (Å²) >= 11 is 0. The molecule has 3 N–H and O–H groups in total. The van der Waals surface area contributed by atoms with Gasteiger partial charge in [-0.25, -0.2) is 23.0 Å². The molecule has 9 heteroatoms. The van der Waals surface area contributed by atoms with Gasteiger partial charge in [0.15, 0.2) is 0 Å². The van der Waals surface area contributed by atoms with Crippen molar-refractivity contribution in [3.63, 3.8) is 0 Å². The highest BCUT2D eigenvalue weighted by molar-refractivity contribution is 7.89. The molecule has 0 radical (unpaired) electrons. The molecule has 4 rings (SSSR count). The van der Waals surface area contributed by atoms with Crippen molar-refractivity contribution in [2.24, 2.45) is 5.14 Å². The van der Waals surface area contributed by atoms with E-state index in [1.807, 2.05) is 37.3 Å². The van der Waals surface area contributed by atoms with Gasteiger partial charge >= 0.3 is 6.03 Å². The van der Waals surface area contributed by atoms with Gasteiger partial charge < -0.3 is 4.90 Å². The molecule has 28 heavy (non-hydrogen) atoms. The number of nitrogens with two attached hydrogens (primary N) is 1. The molecule has 1 saturated carbocycles. The Bertz CT molecular complexity index is 974. The van der Waals surface area contributed by atoms with Gasteiger partial charge in [0.25, 0.3) is 0 Å².